The summed E-state index contributed by atoms with van der Waals surface area (Å²) in [6, 6.07) is 16.2. The zero-order chi connectivity index (χ0) is 58.8. The first kappa shape index (κ1) is 56.4. The molecule has 23 nitrogen and oxygen atoms in total. The molecule has 11 heterocycles. The molecule has 6 aromatic rings. The number of fused-ring (bicyclic) bond motifs is 4. The topological polar surface area (TPSA) is 244 Å². The molecule has 1 amide bonds. The van der Waals surface area contributed by atoms with Crippen LogP contribution in [0, 0.1) is 34.2 Å². The van der Waals surface area contributed by atoms with Gasteiger partial charge in [0.05, 0.1) is 60.1 Å². The molecule has 5 saturated heterocycles. The van der Waals surface area contributed by atoms with Crippen molar-refractivity contribution in [2.75, 3.05) is 119 Å². The fourth-order valence-corrected chi connectivity index (χ4v) is 15.6. The van der Waals surface area contributed by atoms with Gasteiger partial charge in [0.2, 0.25) is 5.88 Å². The van der Waals surface area contributed by atoms with Gasteiger partial charge in [-0.2, -0.15) is 4.98 Å². The number of nitrogens with zero attached hydrogens (tertiary/aromatic N) is 9. The Morgan fingerprint density at radius 2 is 1.67 bits per heavy atom. The van der Waals surface area contributed by atoms with Crippen molar-refractivity contribution in [3.63, 3.8) is 0 Å². The van der Waals surface area contributed by atoms with Gasteiger partial charge in [0.15, 0.2) is 34.6 Å². The van der Waals surface area contributed by atoms with Gasteiger partial charge in [-0.15, -0.1) is 0 Å². The highest BCUT2D eigenvalue weighted by Gasteiger charge is 2.51. The maximum absolute atomic E-state index is 18.4. The van der Waals surface area contributed by atoms with Crippen LogP contribution in [0.4, 0.5) is 38.8 Å². The summed E-state index contributed by atoms with van der Waals surface area (Å²) in [7, 11) is -3.17. The van der Waals surface area contributed by atoms with E-state index in [-0.39, 0.29) is 71.0 Å². The van der Waals surface area contributed by atoms with Gasteiger partial charge in [-0.05, 0) is 98.1 Å². The number of pyridine rings is 3. The monoisotopic (exact) mass is 1200 g/mol. The van der Waals surface area contributed by atoms with Gasteiger partial charge in [0, 0.05) is 120 Å². The Morgan fingerprint density at radius 1 is 0.907 bits per heavy atom. The molecule has 1 aliphatic carbocycles. The van der Waals surface area contributed by atoms with Crippen LogP contribution >= 0.6 is 0 Å². The van der Waals surface area contributed by atoms with Crippen molar-refractivity contribution in [3.8, 4) is 17.4 Å². The molecule has 7 aliphatic heterocycles. The van der Waals surface area contributed by atoms with Crippen molar-refractivity contribution in [2.45, 2.75) is 93.6 Å². The SMILES string of the molecule is COc1cc(CN2CCN(C3CC4(CCN(c5ncc(C(=O)NS(=O)(=O)c6cc7c(c([N+](=O)[O-])c6)N[C@H](C6CCOCC6)CO7)c(N6c7cc8cc[nH]c8nc7O[C@H]7COCC[C@@H]76)c5F)CC4)C3)[C@H](c3ccccc3C)C2)cnc1N1CCOCC1. The van der Waals surface area contributed by atoms with Crippen molar-refractivity contribution < 1.29 is 50.9 Å². The summed E-state index contributed by atoms with van der Waals surface area (Å²) in [5.74, 6) is -0.0897. The Kier molecular flexibility index (Phi) is 15.1. The number of amides is 1. The number of carbonyl (C=O) groups is 1. The summed E-state index contributed by atoms with van der Waals surface area (Å²) in [5.41, 5.74) is 3.59. The van der Waals surface area contributed by atoms with Crippen LogP contribution in [-0.4, -0.2) is 172 Å². The average molecular weight is 1200 g/mol. The first-order valence-corrected chi connectivity index (χ1v) is 31.5. The van der Waals surface area contributed by atoms with Crippen molar-refractivity contribution in [2.24, 2.45) is 11.3 Å². The number of sulfonamides is 1. The fourth-order valence-electron chi connectivity index (χ4n) is 14.6. The highest BCUT2D eigenvalue weighted by atomic mass is 32.2. The van der Waals surface area contributed by atoms with E-state index in [1.807, 2.05) is 23.2 Å². The summed E-state index contributed by atoms with van der Waals surface area (Å²) in [5, 5.41) is 16.5. The summed E-state index contributed by atoms with van der Waals surface area (Å²) < 4.78 is 84.8. The number of benzene rings is 2. The molecule has 2 aromatic carbocycles. The van der Waals surface area contributed by atoms with Crippen molar-refractivity contribution in [1.82, 2.24) is 34.5 Å². The number of piperazine rings is 1. The lowest BCUT2D eigenvalue weighted by Crippen LogP contribution is -2.60. The van der Waals surface area contributed by atoms with Crippen LogP contribution in [0.3, 0.4) is 0 Å². The second kappa shape index (κ2) is 23.0. The maximum Gasteiger partial charge on any atom is 0.297 e. The number of aromatic amines is 1. The van der Waals surface area contributed by atoms with Gasteiger partial charge in [-0.25, -0.2) is 27.5 Å². The third kappa shape index (κ3) is 10.6. The van der Waals surface area contributed by atoms with Crippen molar-refractivity contribution >= 4 is 61.3 Å². The average Bonchev–Trinajstić information content (AvgIpc) is 1.11. The molecule has 0 unspecified atom stereocenters. The number of morpholine rings is 1. The predicted molar refractivity (Wildman–Crippen MR) is 317 cm³/mol. The molecule has 86 heavy (non-hydrogen) atoms. The third-order valence-corrected chi connectivity index (χ3v) is 20.6. The number of halogens is 1. The molecule has 4 aromatic heterocycles. The molecule has 0 radical (unpaired) electrons. The molecule has 1 spiro atoms. The quantitative estimate of drug-likeness (QED) is 0.0760. The van der Waals surface area contributed by atoms with Crippen LogP contribution in [0.15, 0.2) is 78.1 Å². The summed E-state index contributed by atoms with van der Waals surface area (Å²) in [4.78, 5) is 54.8. The number of aryl methyl sites for hydroxylation is 1. The van der Waals surface area contributed by atoms with Gasteiger partial charge in [-0.1, -0.05) is 24.3 Å². The van der Waals surface area contributed by atoms with E-state index in [0.29, 0.717) is 75.3 Å². The van der Waals surface area contributed by atoms with Gasteiger partial charge in [-0.3, -0.25) is 24.7 Å². The van der Waals surface area contributed by atoms with Crippen molar-refractivity contribution in [3.05, 3.63) is 111 Å². The van der Waals surface area contributed by atoms with E-state index < -0.39 is 49.4 Å². The maximum atomic E-state index is 18.4. The molecular weight excluding hydrogens is 1130 g/mol. The molecule has 6 fully saturated rings. The van der Waals surface area contributed by atoms with Crippen LogP contribution in [0.25, 0.3) is 11.0 Å². The number of hydrogen-bond donors (Lipinski definition) is 3. The lowest BCUT2D eigenvalue weighted by Gasteiger charge is -2.58. The third-order valence-electron chi connectivity index (χ3n) is 19.2. The Labute approximate surface area is 497 Å². The highest BCUT2D eigenvalue weighted by Crippen LogP contribution is 2.54. The Bertz CT molecular complexity index is 3680. The molecule has 0 bridgehead atoms. The first-order valence-electron chi connectivity index (χ1n) is 30.0. The molecule has 14 rings (SSSR count). The van der Waals surface area contributed by atoms with E-state index >= 15 is 4.39 Å². The minimum absolute atomic E-state index is 0.0331. The molecule has 1 saturated carbocycles. The smallest absolute Gasteiger partial charge is 0.297 e. The van der Waals surface area contributed by atoms with E-state index in [0.717, 1.165) is 107 Å². The lowest BCUT2D eigenvalue weighted by molar-refractivity contribution is -0.384. The van der Waals surface area contributed by atoms with Crippen molar-refractivity contribution in [1.29, 1.82) is 0 Å². The first-order chi connectivity index (χ1) is 41.8. The van der Waals surface area contributed by atoms with E-state index in [1.54, 1.807) is 18.2 Å². The van der Waals surface area contributed by atoms with Crippen LogP contribution in [0.5, 0.6) is 17.4 Å². The van der Waals surface area contributed by atoms with E-state index in [9.17, 15) is 23.3 Å². The molecule has 454 valence electrons. The largest absolute Gasteiger partial charge is 0.493 e. The standard InChI is InChI=1S/C61H71FN12O11S/c1-37-5-3-4-6-43(37)49-34-69(33-38-25-51(80-2)57(64-31-38)71-18-23-82-24-19-71)16-17-72(49)41-29-61(30-41)11-14-70(15-12-61)58-53(62)55(73-46-10-22-83-36-52(46)85-60-48(73)26-40-7-13-63-56(40)67-60)44(32-65-58)59(75)68-86(78,79)42-27-47(74(76)77)54-50(28-42)84-35-45(66-54)39-8-20-81-21-9-39/h3-7,13,25-28,31-32,39,41,45-46,49,52,66H,8-12,14-24,29-30,33-36H2,1-2H3,(H,63,67)(H,68,75)/t45-,46-,49-,52-/m0/s1. The van der Waals surface area contributed by atoms with E-state index in [1.165, 1.54) is 17.3 Å². The normalized spacial score (nSPS) is 23.7. The minimum Gasteiger partial charge on any atom is -0.493 e. The number of nitro benzene ring substituents is 1. The number of H-pyrrole nitrogens is 1. The Balaban J connectivity index is 0.725. The summed E-state index contributed by atoms with van der Waals surface area (Å²) >= 11 is 0. The second-order valence-electron chi connectivity index (χ2n) is 24.2. The molecular formula is C61H71FN12O11S. The number of rotatable bonds is 13. The van der Waals surface area contributed by atoms with Crippen LogP contribution in [0.1, 0.15) is 78.0 Å². The molecule has 4 atom stereocenters. The number of piperidine rings is 1. The molecule has 3 N–H and O–H groups in total. The van der Waals surface area contributed by atoms with Crippen LogP contribution in [-0.2, 0) is 30.8 Å². The zero-order valence-corrected chi connectivity index (χ0v) is 49.1. The minimum atomic E-state index is -4.88. The number of carbonyl (C=O) groups excluding carboxylic acids is 1. The van der Waals surface area contributed by atoms with Crippen LogP contribution < -0.4 is 38.9 Å². The fraction of sp³-hybridized carbons (Fsp3) is 0.508. The molecule has 25 heteroatoms. The predicted octanol–water partition coefficient (Wildman–Crippen LogP) is 7.27. The van der Waals surface area contributed by atoms with Gasteiger partial charge in [0.25, 0.3) is 21.6 Å². The second-order valence-corrected chi connectivity index (χ2v) is 25.9. The number of hydrogen-bond acceptors (Lipinski definition) is 20. The van der Waals surface area contributed by atoms with Gasteiger partial charge >= 0.3 is 0 Å². The van der Waals surface area contributed by atoms with Gasteiger partial charge < -0.3 is 53.4 Å². The summed E-state index contributed by atoms with van der Waals surface area (Å²) in [6.07, 6.45) is 9.75. The van der Waals surface area contributed by atoms with E-state index in [4.69, 9.17) is 38.4 Å². The number of nitrogens with one attached hydrogen (secondary N) is 3. The number of aromatic nitrogens is 4. The lowest BCUT2D eigenvalue weighted by atomic mass is 9.59. The van der Waals surface area contributed by atoms with Gasteiger partial charge in [0.1, 0.15) is 24.0 Å². The van der Waals surface area contributed by atoms with Crippen LogP contribution in [0.2, 0.25) is 0 Å². The Hall–Kier alpha value is -7.42. The zero-order valence-electron chi connectivity index (χ0n) is 48.3. The Morgan fingerprint density at radius 3 is 2.47 bits per heavy atom. The number of ether oxygens (including phenoxy) is 6. The summed E-state index contributed by atoms with van der Waals surface area (Å²) in [6.45, 7) is 11.2. The highest BCUT2D eigenvalue weighted by molar-refractivity contribution is 7.90. The number of nitro groups is 1. The van der Waals surface area contributed by atoms with E-state index in [2.05, 4.69) is 72.0 Å². The number of methoxy groups -OCH3 is 1. The number of anilines is 5. The molecule has 8 aliphatic rings.